The average molecular weight is 518 g/mol. The van der Waals surface area contributed by atoms with Crippen molar-refractivity contribution >= 4 is 58.2 Å². The van der Waals surface area contributed by atoms with Crippen molar-refractivity contribution in [2.24, 2.45) is 0 Å². The lowest BCUT2D eigenvalue weighted by Crippen LogP contribution is -2.28. The van der Waals surface area contributed by atoms with E-state index in [-0.39, 0.29) is 11.7 Å². The molecular weight excluding hydrogens is 499 g/mol. The number of aromatic nitrogens is 1. The third-order valence-corrected chi connectivity index (χ3v) is 7.26. The van der Waals surface area contributed by atoms with Crippen LogP contribution in [0.15, 0.2) is 47.5 Å². The number of benzene rings is 2. The summed E-state index contributed by atoms with van der Waals surface area (Å²) < 4.78 is 0. The number of hydrogen-bond acceptors (Lipinski definition) is 5. The second-order valence-corrected chi connectivity index (χ2v) is 9.88. The molecule has 0 saturated heterocycles. The topological polar surface area (TPSA) is 69.0 Å². The summed E-state index contributed by atoms with van der Waals surface area (Å²) in [7, 11) is 2.05. The zero-order valence-electron chi connectivity index (χ0n) is 17.7. The summed E-state index contributed by atoms with van der Waals surface area (Å²) in [6.45, 7) is 1.59. The molecular formula is C24H19Cl3N4OS. The van der Waals surface area contributed by atoms with Crippen molar-refractivity contribution in [3.8, 4) is 17.2 Å². The largest absolute Gasteiger partial charge is 0.325 e. The molecule has 0 saturated carbocycles. The van der Waals surface area contributed by atoms with Gasteiger partial charge in [-0.25, -0.2) is 4.98 Å². The van der Waals surface area contributed by atoms with E-state index in [1.165, 1.54) is 11.8 Å². The number of halogens is 3. The second kappa shape index (κ2) is 10.3. The van der Waals surface area contributed by atoms with E-state index in [0.717, 1.165) is 35.3 Å². The summed E-state index contributed by atoms with van der Waals surface area (Å²) in [5.74, 6) is -0.129. The van der Waals surface area contributed by atoms with Crippen molar-refractivity contribution < 1.29 is 4.79 Å². The van der Waals surface area contributed by atoms with Crippen LogP contribution in [0.25, 0.3) is 11.1 Å². The van der Waals surface area contributed by atoms with Crippen LogP contribution in [0.5, 0.6) is 0 Å². The number of carbonyl (C=O) groups is 1. The molecule has 1 aromatic heterocycles. The number of fused-ring (bicyclic) bond motifs is 1. The Hall–Kier alpha value is -2.27. The van der Waals surface area contributed by atoms with E-state index in [4.69, 9.17) is 39.8 Å². The van der Waals surface area contributed by atoms with Gasteiger partial charge in [-0.05, 0) is 48.5 Å². The summed E-state index contributed by atoms with van der Waals surface area (Å²) in [6, 6.07) is 14.7. The molecule has 1 aliphatic heterocycles. The summed E-state index contributed by atoms with van der Waals surface area (Å²) in [4.78, 5) is 19.6. The van der Waals surface area contributed by atoms with E-state index in [9.17, 15) is 10.1 Å². The fourth-order valence-corrected chi connectivity index (χ4v) is 4.95. The molecule has 2 heterocycles. The number of thioether (sulfide) groups is 1. The lowest BCUT2D eigenvalue weighted by Gasteiger charge is -2.28. The number of pyridine rings is 1. The Morgan fingerprint density at radius 1 is 1.18 bits per heavy atom. The highest BCUT2D eigenvalue weighted by atomic mass is 35.5. The Kier molecular flexibility index (Phi) is 7.48. The SMILES string of the molecule is CN1CCc2nc(SCC(=O)Nc3ccc(Cl)c(Cl)c3)c(C#N)c(-c3ccc(Cl)cc3)c2C1. The maximum absolute atomic E-state index is 12.6. The highest BCUT2D eigenvalue weighted by molar-refractivity contribution is 8.00. The molecule has 0 radical (unpaired) electrons. The van der Waals surface area contributed by atoms with Gasteiger partial charge in [0.2, 0.25) is 5.91 Å². The fraction of sp³-hybridized carbons (Fsp3) is 0.208. The third kappa shape index (κ3) is 5.46. The minimum absolute atomic E-state index is 0.0979. The highest BCUT2D eigenvalue weighted by Crippen LogP contribution is 2.37. The van der Waals surface area contributed by atoms with E-state index >= 15 is 0 Å². The monoisotopic (exact) mass is 516 g/mol. The zero-order valence-corrected chi connectivity index (χ0v) is 20.7. The Labute approximate surface area is 211 Å². The Morgan fingerprint density at radius 2 is 1.94 bits per heavy atom. The third-order valence-electron chi connectivity index (χ3n) is 5.30. The van der Waals surface area contributed by atoms with E-state index in [0.29, 0.717) is 37.9 Å². The maximum atomic E-state index is 12.6. The molecule has 0 fully saturated rings. The molecule has 168 valence electrons. The van der Waals surface area contributed by atoms with Gasteiger partial charge in [-0.15, -0.1) is 0 Å². The number of amides is 1. The number of anilines is 1. The van der Waals surface area contributed by atoms with Gasteiger partial charge in [0.15, 0.2) is 0 Å². The van der Waals surface area contributed by atoms with Crippen molar-refractivity contribution in [1.29, 1.82) is 5.26 Å². The quantitative estimate of drug-likeness (QED) is 0.402. The lowest BCUT2D eigenvalue weighted by atomic mass is 9.92. The van der Waals surface area contributed by atoms with Gasteiger partial charge in [0.25, 0.3) is 0 Å². The normalized spacial score (nSPS) is 13.3. The number of nitrogens with one attached hydrogen (secondary N) is 1. The van der Waals surface area contributed by atoms with Crippen molar-refractivity contribution in [1.82, 2.24) is 9.88 Å². The van der Waals surface area contributed by atoms with Crippen molar-refractivity contribution in [2.45, 2.75) is 18.0 Å². The van der Waals surface area contributed by atoms with Crippen LogP contribution >= 0.6 is 46.6 Å². The standard InChI is InChI=1S/C24H19Cl3N4OS/c1-31-9-8-21-18(12-31)23(14-2-4-15(25)5-3-14)17(11-28)24(30-21)33-13-22(32)29-16-6-7-19(26)20(27)10-16/h2-7,10H,8-9,12-13H2,1H3,(H,29,32). The maximum Gasteiger partial charge on any atom is 0.234 e. The first kappa shape index (κ1) is 23.9. The number of hydrogen-bond donors (Lipinski definition) is 1. The molecule has 4 rings (SSSR count). The summed E-state index contributed by atoms with van der Waals surface area (Å²) in [5, 5.41) is 14.8. The van der Waals surface area contributed by atoms with Gasteiger partial charge in [0.1, 0.15) is 11.1 Å². The van der Waals surface area contributed by atoms with Gasteiger partial charge in [0.05, 0.1) is 21.4 Å². The van der Waals surface area contributed by atoms with Gasteiger partial charge in [-0.2, -0.15) is 5.26 Å². The molecule has 0 unspecified atom stereocenters. The Bertz CT molecular complexity index is 1260. The first-order valence-electron chi connectivity index (χ1n) is 10.1. The molecule has 0 spiro atoms. The predicted molar refractivity (Wildman–Crippen MR) is 135 cm³/mol. The first-order chi connectivity index (χ1) is 15.9. The van der Waals surface area contributed by atoms with Crippen LogP contribution in [0, 0.1) is 11.3 Å². The van der Waals surface area contributed by atoms with Crippen LogP contribution in [0.1, 0.15) is 16.8 Å². The fourth-order valence-electron chi connectivity index (χ4n) is 3.72. The van der Waals surface area contributed by atoms with Crippen LogP contribution in [0.2, 0.25) is 15.1 Å². The molecule has 1 amide bonds. The van der Waals surface area contributed by atoms with Gasteiger partial charge >= 0.3 is 0 Å². The molecule has 2 aromatic carbocycles. The lowest BCUT2D eigenvalue weighted by molar-refractivity contribution is -0.113. The first-order valence-corrected chi connectivity index (χ1v) is 12.3. The van der Waals surface area contributed by atoms with E-state index in [1.807, 2.05) is 24.3 Å². The second-order valence-electron chi connectivity index (χ2n) is 7.66. The van der Waals surface area contributed by atoms with Crippen LogP contribution in [0.4, 0.5) is 5.69 Å². The van der Waals surface area contributed by atoms with Gasteiger partial charge in [-0.1, -0.05) is 58.7 Å². The van der Waals surface area contributed by atoms with E-state index < -0.39 is 0 Å². The van der Waals surface area contributed by atoms with Crippen LogP contribution < -0.4 is 5.32 Å². The highest BCUT2D eigenvalue weighted by Gasteiger charge is 2.25. The number of carbonyl (C=O) groups excluding carboxylic acids is 1. The Morgan fingerprint density at radius 3 is 2.64 bits per heavy atom. The molecule has 33 heavy (non-hydrogen) atoms. The van der Waals surface area contributed by atoms with Crippen molar-refractivity contribution in [3.63, 3.8) is 0 Å². The molecule has 1 aliphatic rings. The number of rotatable bonds is 5. The summed E-state index contributed by atoms with van der Waals surface area (Å²) in [6.07, 6.45) is 0.779. The smallest absolute Gasteiger partial charge is 0.234 e. The molecule has 9 heteroatoms. The van der Waals surface area contributed by atoms with Crippen molar-refractivity contribution in [2.75, 3.05) is 24.7 Å². The number of likely N-dealkylation sites (N-methyl/N-ethyl adjacent to an activating group) is 1. The van der Waals surface area contributed by atoms with Crippen LogP contribution in [0.3, 0.4) is 0 Å². The van der Waals surface area contributed by atoms with Gasteiger partial charge in [-0.3, -0.25) is 4.79 Å². The number of nitriles is 1. The van der Waals surface area contributed by atoms with Crippen molar-refractivity contribution in [3.05, 3.63) is 74.4 Å². The van der Waals surface area contributed by atoms with Crippen LogP contribution in [-0.2, 0) is 17.8 Å². The van der Waals surface area contributed by atoms with E-state index in [2.05, 4.69) is 23.3 Å². The average Bonchev–Trinajstić information content (AvgIpc) is 2.80. The van der Waals surface area contributed by atoms with Gasteiger partial charge in [0, 0.05) is 41.5 Å². The molecule has 0 atom stereocenters. The summed E-state index contributed by atoms with van der Waals surface area (Å²) >= 11 is 19.3. The number of nitrogens with zero attached hydrogens (tertiary/aromatic N) is 3. The molecule has 0 aliphatic carbocycles. The molecule has 5 nitrogen and oxygen atoms in total. The predicted octanol–water partition coefficient (Wildman–Crippen LogP) is 6.30. The zero-order chi connectivity index (χ0) is 23.5. The van der Waals surface area contributed by atoms with Gasteiger partial charge < -0.3 is 10.2 Å². The molecule has 1 N–H and O–H groups in total. The summed E-state index contributed by atoms with van der Waals surface area (Å²) in [5.41, 5.74) is 4.80. The minimum Gasteiger partial charge on any atom is -0.325 e. The van der Waals surface area contributed by atoms with E-state index in [1.54, 1.807) is 18.2 Å². The Balaban J connectivity index is 1.65. The minimum atomic E-state index is -0.227. The molecule has 3 aromatic rings. The van der Waals surface area contributed by atoms with Crippen LogP contribution in [-0.4, -0.2) is 35.1 Å². The molecule has 0 bridgehead atoms.